The summed E-state index contributed by atoms with van der Waals surface area (Å²) in [7, 11) is 1.71. The Morgan fingerprint density at radius 1 is 1.42 bits per heavy atom. The summed E-state index contributed by atoms with van der Waals surface area (Å²) in [5, 5.41) is 3.00. The Morgan fingerprint density at radius 2 is 2.17 bits per heavy atom. The molecule has 2 amide bonds. The largest absolute Gasteiger partial charge is 0.381 e. The van der Waals surface area contributed by atoms with Gasteiger partial charge in [-0.1, -0.05) is 12.1 Å². The molecule has 0 aromatic heterocycles. The molecule has 1 aromatic rings. The number of hydrogen-bond acceptors (Lipinski definition) is 3. The summed E-state index contributed by atoms with van der Waals surface area (Å²) < 4.78 is 19.1. The predicted molar refractivity (Wildman–Crippen MR) is 86.9 cm³/mol. The van der Waals surface area contributed by atoms with E-state index in [4.69, 9.17) is 4.74 Å². The lowest BCUT2D eigenvalue weighted by atomic mass is 9.74. The molecule has 0 bridgehead atoms. The van der Waals surface area contributed by atoms with Crippen LogP contribution in [0.1, 0.15) is 24.8 Å². The first-order chi connectivity index (χ1) is 11.5. The van der Waals surface area contributed by atoms with Gasteiger partial charge in [0, 0.05) is 45.2 Å². The maximum absolute atomic E-state index is 13.7. The van der Waals surface area contributed by atoms with Gasteiger partial charge >= 0.3 is 0 Å². The van der Waals surface area contributed by atoms with Gasteiger partial charge in [0.15, 0.2) is 0 Å². The first-order valence-electron chi connectivity index (χ1n) is 8.36. The van der Waals surface area contributed by atoms with E-state index in [0.717, 1.165) is 18.4 Å². The van der Waals surface area contributed by atoms with Crippen LogP contribution in [0.3, 0.4) is 0 Å². The fraction of sp³-hybridized carbons (Fsp3) is 0.556. The lowest BCUT2D eigenvalue weighted by molar-refractivity contribution is -0.128. The molecule has 2 saturated heterocycles. The molecule has 3 rings (SSSR count). The summed E-state index contributed by atoms with van der Waals surface area (Å²) in [5.41, 5.74) is 0.579. The van der Waals surface area contributed by atoms with Gasteiger partial charge in [-0.15, -0.1) is 0 Å². The molecular weight excluding hydrogens is 311 g/mol. The Morgan fingerprint density at radius 3 is 2.79 bits per heavy atom. The standard InChI is InChI=1S/C18H23FN2O3/c1-21-11-13(9-16(21)22)17(23)20-12-18(5-7-24-8-6-18)14-3-2-4-15(19)10-14/h2-4,10,13H,5-9,11-12H2,1H3,(H,20,23). The highest BCUT2D eigenvalue weighted by atomic mass is 19.1. The molecule has 2 aliphatic heterocycles. The van der Waals surface area contributed by atoms with Crippen LogP contribution < -0.4 is 5.32 Å². The monoisotopic (exact) mass is 334 g/mol. The molecule has 1 N–H and O–H groups in total. The van der Waals surface area contributed by atoms with Crippen molar-refractivity contribution in [2.45, 2.75) is 24.7 Å². The van der Waals surface area contributed by atoms with Crippen molar-refractivity contribution >= 4 is 11.8 Å². The van der Waals surface area contributed by atoms with E-state index in [9.17, 15) is 14.0 Å². The molecule has 1 unspecified atom stereocenters. The average Bonchev–Trinajstić information content (AvgIpc) is 2.93. The molecule has 6 heteroatoms. The lowest BCUT2D eigenvalue weighted by Gasteiger charge is -2.38. The van der Waals surface area contributed by atoms with E-state index in [1.165, 1.54) is 6.07 Å². The molecule has 0 radical (unpaired) electrons. The number of carbonyl (C=O) groups is 2. The summed E-state index contributed by atoms with van der Waals surface area (Å²) >= 11 is 0. The molecule has 0 spiro atoms. The smallest absolute Gasteiger partial charge is 0.225 e. The van der Waals surface area contributed by atoms with Crippen LogP contribution in [0, 0.1) is 11.7 Å². The number of nitrogens with zero attached hydrogens (tertiary/aromatic N) is 1. The number of carbonyl (C=O) groups excluding carboxylic acids is 2. The van der Waals surface area contributed by atoms with E-state index in [2.05, 4.69) is 5.32 Å². The first kappa shape index (κ1) is 16.9. The molecule has 5 nitrogen and oxygen atoms in total. The zero-order chi connectivity index (χ0) is 17.2. The van der Waals surface area contributed by atoms with Gasteiger partial charge in [-0.25, -0.2) is 4.39 Å². The van der Waals surface area contributed by atoms with Gasteiger partial charge in [0.25, 0.3) is 0 Å². The molecule has 0 saturated carbocycles. The fourth-order valence-corrected chi connectivity index (χ4v) is 3.59. The van der Waals surface area contributed by atoms with Crippen molar-refractivity contribution in [3.8, 4) is 0 Å². The lowest BCUT2D eigenvalue weighted by Crippen LogP contribution is -2.46. The third kappa shape index (κ3) is 3.43. The maximum atomic E-state index is 13.7. The molecule has 2 aliphatic rings. The van der Waals surface area contributed by atoms with Crippen molar-refractivity contribution in [1.82, 2.24) is 10.2 Å². The summed E-state index contributed by atoms with van der Waals surface area (Å²) in [6, 6.07) is 6.58. The second kappa shape index (κ2) is 6.89. The third-order valence-corrected chi connectivity index (χ3v) is 5.20. The van der Waals surface area contributed by atoms with Crippen molar-refractivity contribution in [3.05, 3.63) is 35.6 Å². The molecule has 130 valence electrons. The van der Waals surface area contributed by atoms with E-state index < -0.39 is 0 Å². The van der Waals surface area contributed by atoms with Crippen LogP contribution in [0.4, 0.5) is 4.39 Å². The molecule has 2 fully saturated rings. The zero-order valence-corrected chi connectivity index (χ0v) is 13.9. The van der Waals surface area contributed by atoms with Crippen molar-refractivity contribution in [2.75, 3.05) is 33.4 Å². The minimum Gasteiger partial charge on any atom is -0.381 e. The normalized spacial score (nSPS) is 23.3. The van der Waals surface area contributed by atoms with E-state index in [1.807, 2.05) is 6.07 Å². The SMILES string of the molecule is CN1CC(C(=O)NCC2(c3cccc(F)c3)CCOCC2)CC1=O. The number of halogens is 1. The average molecular weight is 334 g/mol. The quantitative estimate of drug-likeness (QED) is 0.907. The number of hydrogen-bond donors (Lipinski definition) is 1. The van der Waals surface area contributed by atoms with Gasteiger partial charge in [0.2, 0.25) is 11.8 Å². The van der Waals surface area contributed by atoms with Crippen LogP contribution in [0.5, 0.6) is 0 Å². The minimum atomic E-state index is -0.315. The van der Waals surface area contributed by atoms with E-state index in [-0.39, 0.29) is 35.4 Å². The number of ether oxygens (including phenoxy) is 1. The Kier molecular flexibility index (Phi) is 4.85. The van der Waals surface area contributed by atoms with E-state index >= 15 is 0 Å². The van der Waals surface area contributed by atoms with Crippen molar-refractivity contribution in [3.63, 3.8) is 0 Å². The van der Waals surface area contributed by atoms with Crippen LogP contribution in [0.25, 0.3) is 0 Å². The third-order valence-electron chi connectivity index (χ3n) is 5.20. The Balaban J connectivity index is 1.71. The number of benzene rings is 1. The van der Waals surface area contributed by atoms with E-state index in [1.54, 1.807) is 24.1 Å². The highest BCUT2D eigenvalue weighted by molar-refractivity contribution is 5.89. The molecule has 1 atom stereocenters. The minimum absolute atomic E-state index is 0.000982. The first-order valence-corrected chi connectivity index (χ1v) is 8.36. The maximum Gasteiger partial charge on any atom is 0.225 e. The van der Waals surface area contributed by atoms with Gasteiger partial charge in [-0.05, 0) is 30.5 Å². The van der Waals surface area contributed by atoms with Gasteiger partial charge in [0.1, 0.15) is 5.82 Å². The van der Waals surface area contributed by atoms with Crippen LogP contribution in [0.15, 0.2) is 24.3 Å². The molecule has 1 aromatic carbocycles. The summed E-state index contributed by atoms with van der Waals surface area (Å²) in [6.07, 6.45) is 1.73. The van der Waals surface area contributed by atoms with Crippen molar-refractivity contribution in [1.29, 1.82) is 0 Å². The number of amides is 2. The second-order valence-electron chi connectivity index (χ2n) is 6.80. The number of likely N-dealkylation sites (tertiary alicyclic amines) is 1. The van der Waals surface area contributed by atoms with Gasteiger partial charge in [-0.3, -0.25) is 9.59 Å². The topological polar surface area (TPSA) is 58.6 Å². The van der Waals surface area contributed by atoms with E-state index in [0.29, 0.717) is 26.3 Å². The summed E-state index contributed by atoms with van der Waals surface area (Å²) in [6.45, 7) is 2.09. The van der Waals surface area contributed by atoms with Crippen LogP contribution in [0.2, 0.25) is 0 Å². The number of rotatable bonds is 4. The number of nitrogens with one attached hydrogen (secondary N) is 1. The zero-order valence-electron chi connectivity index (χ0n) is 13.9. The molecular formula is C18H23FN2O3. The summed E-state index contributed by atoms with van der Waals surface area (Å²) in [5.74, 6) is -0.671. The van der Waals surface area contributed by atoms with Gasteiger partial charge < -0.3 is 15.0 Å². The summed E-state index contributed by atoms with van der Waals surface area (Å²) in [4.78, 5) is 25.6. The van der Waals surface area contributed by atoms with Crippen molar-refractivity contribution < 1.29 is 18.7 Å². The molecule has 0 aliphatic carbocycles. The Labute approximate surface area is 141 Å². The highest BCUT2D eigenvalue weighted by Gasteiger charge is 2.37. The highest BCUT2D eigenvalue weighted by Crippen LogP contribution is 2.34. The van der Waals surface area contributed by atoms with Crippen LogP contribution in [-0.2, 0) is 19.7 Å². The van der Waals surface area contributed by atoms with Gasteiger partial charge in [-0.2, -0.15) is 0 Å². The molecule has 24 heavy (non-hydrogen) atoms. The fourth-order valence-electron chi connectivity index (χ4n) is 3.59. The van der Waals surface area contributed by atoms with Crippen molar-refractivity contribution in [2.24, 2.45) is 5.92 Å². The Bertz CT molecular complexity index is 628. The van der Waals surface area contributed by atoms with Crippen LogP contribution >= 0.6 is 0 Å². The van der Waals surface area contributed by atoms with Crippen LogP contribution in [-0.4, -0.2) is 50.1 Å². The Hall–Kier alpha value is -1.95. The van der Waals surface area contributed by atoms with Gasteiger partial charge in [0.05, 0.1) is 5.92 Å². The molecule has 2 heterocycles. The predicted octanol–water partition coefficient (Wildman–Crippen LogP) is 1.47. The second-order valence-corrected chi connectivity index (χ2v) is 6.80.